The molecule has 1 fully saturated rings. The van der Waals surface area contributed by atoms with Crippen molar-refractivity contribution in [1.29, 1.82) is 0 Å². The minimum absolute atomic E-state index is 0.0457. The van der Waals surface area contributed by atoms with E-state index in [0.29, 0.717) is 31.1 Å². The average Bonchev–Trinajstić information content (AvgIpc) is 3.51. The molecule has 2 aliphatic rings. The van der Waals surface area contributed by atoms with Gasteiger partial charge in [0.05, 0.1) is 17.0 Å². The first-order chi connectivity index (χ1) is 16.1. The van der Waals surface area contributed by atoms with Gasteiger partial charge in [0.15, 0.2) is 11.5 Å². The summed E-state index contributed by atoms with van der Waals surface area (Å²) < 4.78 is 16.8. The fraction of sp³-hybridized carbons (Fsp3) is 0.385. The van der Waals surface area contributed by atoms with E-state index < -0.39 is 0 Å². The molecule has 0 bridgehead atoms. The number of amides is 1. The highest BCUT2D eigenvalue weighted by Crippen LogP contribution is 2.44. The van der Waals surface area contributed by atoms with Crippen LogP contribution in [0, 0.1) is 6.92 Å². The van der Waals surface area contributed by atoms with E-state index in [0.717, 1.165) is 53.5 Å². The van der Waals surface area contributed by atoms with E-state index in [-0.39, 0.29) is 11.3 Å². The number of thioether (sulfide) groups is 1. The molecule has 0 radical (unpaired) electrons. The Hall–Kier alpha value is -2.93. The van der Waals surface area contributed by atoms with Crippen molar-refractivity contribution in [3.8, 4) is 11.5 Å². The van der Waals surface area contributed by atoms with Crippen LogP contribution >= 0.6 is 11.8 Å². The Morgan fingerprint density at radius 3 is 2.64 bits per heavy atom. The highest BCUT2D eigenvalue weighted by atomic mass is 32.2. The van der Waals surface area contributed by atoms with Gasteiger partial charge in [0.25, 0.3) is 5.91 Å². The molecule has 0 spiro atoms. The Kier molecular flexibility index (Phi) is 6.31. The molecule has 6 nitrogen and oxygen atoms in total. The van der Waals surface area contributed by atoms with E-state index in [9.17, 15) is 4.79 Å². The zero-order chi connectivity index (χ0) is 22.7. The maximum absolute atomic E-state index is 13.2. The smallest absolute Gasteiger partial charge is 0.252 e. The molecule has 1 aliphatic heterocycles. The summed E-state index contributed by atoms with van der Waals surface area (Å²) in [5.74, 6) is 2.99. The first-order valence-electron chi connectivity index (χ1n) is 11.5. The average molecular weight is 465 g/mol. The first kappa shape index (κ1) is 21.9. The predicted molar refractivity (Wildman–Crippen MR) is 127 cm³/mol. The minimum atomic E-state index is -0.0784. The van der Waals surface area contributed by atoms with Gasteiger partial charge >= 0.3 is 0 Å². The maximum Gasteiger partial charge on any atom is 0.252 e. The van der Waals surface area contributed by atoms with E-state index in [1.54, 1.807) is 11.8 Å². The van der Waals surface area contributed by atoms with Gasteiger partial charge in [-0.15, -0.1) is 11.8 Å². The molecule has 2 heterocycles. The highest BCUT2D eigenvalue weighted by Gasteiger charge is 2.37. The number of benzene rings is 2. The van der Waals surface area contributed by atoms with Crippen molar-refractivity contribution in [2.24, 2.45) is 0 Å². The lowest BCUT2D eigenvalue weighted by Crippen LogP contribution is -2.39. The van der Waals surface area contributed by atoms with Crippen LogP contribution < -0.4 is 14.8 Å². The number of aryl methyl sites for hydroxylation is 1. The summed E-state index contributed by atoms with van der Waals surface area (Å²) in [6.45, 7) is 3.66. The van der Waals surface area contributed by atoms with Crippen LogP contribution in [-0.4, -0.2) is 30.8 Å². The fourth-order valence-electron chi connectivity index (χ4n) is 4.75. The van der Waals surface area contributed by atoms with Crippen LogP contribution in [0.5, 0.6) is 11.5 Å². The van der Waals surface area contributed by atoms with Crippen molar-refractivity contribution in [2.75, 3.05) is 19.8 Å². The predicted octanol–water partition coefficient (Wildman–Crippen LogP) is 5.29. The molecule has 1 saturated carbocycles. The number of ether oxygens (including phenoxy) is 2. The Balaban J connectivity index is 1.30. The summed E-state index contributed by atoms with van der Waals surface area (Å²) in [7, 11) is 0. The number of hydrogen-bond acceptors (Lipinski definition) is 6. The van der Waals surface area contributed by atoms with Crippen molar-refractivity contribution >= 4 is 17.7 Å². The van der Waals surface area contributed by atoms with Crippen LogP contribution in [0.2, 0.25) is 0 Å². The van der Waals surface area contributed by atoms with Crippen LogP contribution in [0.4, 0.5) is 0 Å². The molecule has 2 aromatic carbocycles. The van der Waals surface area contributed by atoms with Gasteiger partial charge in [0, 0.05) is 22.9 Å². The van der Waals surface area contributed by atoms with Gasteiger partial charge < -0.3 is 19.3 Å². The molecule has 0 saturated heterocycles. The SMILES string of the molecule is Cc1cc(CSc2ccccc2C(=O)NCC2(c3ccc4c(c3)OCCO4)CCCC2)on1. The number of carbonyl (C=O) groups is 1. The van der Waals surface area contributed by atoms with Crippen molar-refractivity contribution < 1.29 is 18.8 Å². The monoisotopic (exact) mass is 464 g/mol. The molecule has 33 heavy (non-hydrogen) atoms. The largest absolute Gasteiger partial charge is 0.486 e. The molecule has 1 aromatic heterocycles. The quantitative estimate of drug-likeness (QED) is 0.479. The third kappa shape index (κ3) is 4.74. The zero-order valence-corrected chi connectivity index (χ0v) is 19.6. The number of fused-ring (bicyclic) bond motifs is 1. The molecule has 5 rings (SSSR count). The second-order valence-corrected chi connectivity index (χ2v) is 9.77. The second-order valence-electron chi connectivity index (χ2n) is 8.75. The Morgan fingerprint density at radius 2 is 1.85 bits per heavy atom. The van der Waals surface area contributed by atoms with Crippen LogP contribution in [0.25, 0.3) is 0 Å². The highest BCUT2D eigenvalue weighted by molar-refractivity contribution is 7.98. The van der Waals surface area contributed by atoms with Gasteiger partial charge in [-0.1, -0.05) is 36.2 Å². The molecule has 0 unspecified atom stereocenters. The summed E-state index contributed by atoms with van der Waals surface area (Å²) >= 11 is 1.59. The van der Waals surface area contributed by atoms with Crippen LogP contribution in [-0.2, 0) is 11.2 Å². The third-order valence-electron chi connectivity index (χ3n) is 6.48. The summed E-state index contributed by atoms with van der Waals surface area (Å²) in [6, 6.07) is 15.9. The topological polar surface area (TPSA) is 73.6 Å². The lowest BCUT2D eigenvalue weighted by Gasteiger charge is -2.31. The fourth-order valence-corrected chi connectivity index (χ4v) is 5.68. The lowest BCUT2D eigenvalue weighted by molar-refractivity contribution is 0.0940. The van der Waals surface area contributed by atoms with Crippen molar-refractivity contribution in [3.63, 3.8) is 0 Å². The molecule has 7 heteroatoms. The first-order valence-corrected chi connectivity index (χ1v) is 12.4. The maximum atomic E-state index is 13.2. The molecule has 1 amide bonds. The summed E-state index contributed by atoms with van der Waals surface area (Å²) in [5.41, 5.74) is 2.69. The third-order valence-corrected chi connectivity index (χ3v) is 7.58. The summed E-state index contributed by atoms with van der Waals surface area (Å²) in [6.07, 6.45) is 4.42. The van der Waals surface area contributed by atoms with Crippen LogP contribution in [0.15, 0.2) is 57.9 Å². The van der Waals surface area contributed by atoms with Gasteiger partial charge in [-0.05, 0) is 49.6 Å². The van der Waals surface area contributed by atoms with Crippen LogP contribution in [0.1, 0.15) is 53.1 Å². The second kappa shape index (κ2) is 9.51. The summed E-state index contributed by atoms with van der Waals surface area (Å²) in [4.78, 5) is 14.2. The number of aromatic nitrogens is 1. The van der Waals surface area contributed by atoms with Crippen LogP contribution in [0.3, 0.4) is 0 Å². The molecule has 0 atom stereocenters. The Bertz CT molecular complexity index is 1140. The molecule has 1 aliphatic carbocycles. The molecule has 3 aromatic rings. The van der Waals surface area contributed by atoms with E-state index in [4.69, 9.17) is 14.0 Å². The van der Waals surface area contributed by atoms with Crippen molar-refractivity contribution in [1.82, 2.24) is 10.5 Å². The molecule has 172 valence electrons. The van der Waals surface area contributed by atoms with E-state index in [1.165, 1.54) is 5.56 Å². The van der Waals surface area contributed by atoms with Gasteiger partial charge in [0.1, 0.15) is 19.0 Å². The van der Waals surface area contributed by atoms with E-state index in [1.807, 2.05) is 43.3 Å². The Labute approximate surface area is 198 Å². The van der Waals surface area contributed by atoms with Gasteiger partial charge in [-0.3, -0.25) is 4.79 Å². The normalized spacial score (nSPS) is 16.5. The molecular formula is C26H28N2O4S. The standard InChI is InChI=1S/C26H28N2O4S/c1-18-14-20(32-28-18)16-33-24-7-3-2-6-21(24)25(29)27-17-26(10-4-5-11-26)19-8-9-22-23(15-19)31-13-12-30-22/h2-3,6-9,14-15H,4-5,10-13,16-17H2,1H3,(H,27,29). The van der Waals surface area contributed by atoms with Gasteiger partial charge in [-0.25, -0.2) is 0 Å². The van der Waals surface area contributed by atoms with Gasteiger partial charge in [0.2, 0.25) is 0 Å². The van der Waals surface area contributed by atoms with E-state index >= 15 is 0 Å². The van der Waals surface area contributed by atoms with E-state index in [2.05, 4.69) is 22.6 Å². The summed E-state index contributed by atoms with van der Waals surface area (Å²) in [5, 5.41) is 7.18. The van der Waals surface area contributed by atoms with Gasteiger partial charge in [-0.2, -0.15) is 0 Å². The molecule has 1 N–H and O–H groups in total. The Morgan fingerprint density at radius 1 is 1.06 bits per heavy atom. The lowest BCUT2D eigenvalue weighted by atomic mass is 9.78. The number of hydrogen-bond donors (Lipinski definition) is 1. The number of carbonyl (C=O) groups excluding carboxylic acids is 1. The number of nitrogens with one attached hydrogen (secondary N) is 1. The molecular weight excluding hydrogens is 436 g/mol. The minimum Gasteiger partial charge on any atom is -0.486 e. The van der Waals surface area contributed by atoms with Crippen molar-refractivity contribution in [3.05, 3.63) is 71.1 Å². The van der Waals surface area contributed by atoms with Crippen molar-refractivity contribution in [2.45, 2.75) is 48.7 Å². The zero-order valence-electron chi connectivity index (χ0n) is 18.8. The number of nitrogens with zero attached hydrogens (tertiary/aromatic N) is 1. The number of rotatable bonds is 7.